The molecule has 1 aliphatic rings. The Labute approximate surface area is 181 Å². The SMILES string of the molecule is CCOc1cccc(/C=N/NC(=O)CN2CCN(Cc3ccccc3Cl)CC2)c1O. The molecule has 1 aliphatic heterocycles. The van der Waals surface area contributed by atoms with Crippen molar-refractivity contribution in [1.29, 1.82) is 0 Å². The highest BCUT2D eigenvalue weighted by molar-refractivity contribution is 6.31. The van der Waals surface area contributed by atoms with Gasteiger partial charge in [0, 0.05) is 43.3 Å². The van der Waals surface area contributed by atoms with Crippen LogP contribution in [0.4, 0.5) is 0 Å². The minimum absolute atomic E-state index is 0.00647. The third kappa shape index (κ3) is 6.19. The number of ether oxygens (including phenoxy) is 1. The second-order valence-corrected chi connectivity index (χ2v) is 7.47. The predicted molar refractivity (Wildman–Crippen MR) is 118 cm³/mol. The number of carbonyl (C=O) groups excluding carboxylic acids is 1. The standard InChI is InChI=1S/C22H27ClN4O3/c1-2-30-20-9-5-7-17(22(20)29)14-24-25-21(28)16-27-12-10-26(11-13-27)15-18-6-3-4-8-19(18)23/h3-9,14,29H,2,10-13,15-16H2,1H3,(H,25,28)/b24-14+. The lowest BCUT2D eigenvalue weighted by Gasteiger charge is -2.34. The normalized spacial score (nSPS) is 15.4. The number of benzene rings is 2. The van der Waals surface area contributed by atoms with Crippen LogP contribution in [0.5, 0.6) is 11.5 Å². The van der Waals surface area contributed by atoms with E-state index < -0.39 is 0 Å². The van der Waals surface area contributed by atoms with E-state index in [1.54, 1.807) is 18.2 Å². The second-order valence-electron chi connectivity index (χ2n) is 7.06. The van der Waals surface area contributed by atoms with E-state index in [0.29, 0.717) is 17.9 Å². The fourth-order valence-corrected chi connectivity index (χ4v) is 3.50. The Balaban J connectivity index is 1.42. The summed E-state index contributed by atoms with van der Waals surface area (Å²) >= 11 is 6.24. The first-order valence-corrected chi connectivity index (χ1v) is 10.4. The maximum atomic E-state index is 12.2. The Morgan fingerprint density at radius 2 is 1.90 bits per heavy atom. The number of hydrazone groups is 1. The molecule has 0 spiro atoms. The van der Waals surface area contributed by atoms with Gasteiger partial charge < -0.3 is 9.84 Å². The maximum Gasteiger partial charge on any atom is 0.254 e. The van der Waals surface area contributed by atoms with Gasteiger partial charge in [0.15, 0.2) is 11.5 Å². The summed E-state index contributed by atoms with van der Waals surface area (Å²) in [6.07, 6.45) is 1.41. The zero-order valence-corrected chi connectivity index (χ0v) is 17.8. The largest absolute Gasteiger partial charge is 0.504 e. The molecule has 160 valence electrons. The lowest BCUT2D eigenvalue weighted by atomic mass is 10.2. The summed E-state index contributed by atoms with van der Waals surface area (Å²) in [5.74, 6) is 0.209. The van der Waals surface area contributed by atoms with E-state index in [9.17, 15) is 9.90 Å². The average Bonchev–Trinajstić information content (AvgIpc) is 2.74. The fourth-order valence-electron chi connectivity index (χ4n) is 3.30. The highest BCUT2D eigenvalue weighted by Gasteiger charge is 2.19. The van der Waals surface area contributed by atoms with Crippen LogP contribution in [-0.2, 0) is 11.3 Å². The van der Waals surface area contributed by atoms with E-state index >= 15 is 0 Å². The van der Waals surface area contributed by atoms with Crippen molar-refractivity contribution >= 4 is 23.7 Å². The van der Waals surface area contributed by atoms with Crippen LogP contribution >= 0.6 is 11.6 Å². The van der Waals surface area contributed by atoms with Gasteiger partial charge in [-0.25, -0.2) is 5.43 Å². The number of para-hydroxylation sites is 1. The smallest absolute Gasteiger partial charge is 0.254 e. The average molecular weight is 431 g/mol. The molecule has 0 atom stereocenters. The highest BCUT2D eigenvalue weighted by atomic mass is 35.5. The van der Waals surface area contributed by atoms with Gasteiger partial charge in [0.25, 0.3) is 5.91 Å². The molecule has 7 nitrogen and oxygen atoms in total. The van der Waals surface area contributed by atoms with Crippen LogP contribution < -0.4 is 10.2 Å². The molecule has 8 heteroatoms. The molecule has 0 saturated carbocycles. The van der Waals surface area contributed by atoms with Gasteiger partial charge in [0.05, 0.1) is 19.4 Å². The molecule has 2 N–H and O–H groups in total. The van der Waals surface area contributed by atoms with Gasteiger partial charge in [-0.2, -0.15) is 5.10 Å². The van der Waals surface area contributed by atoms with E-state index in [0.717, 1.165) is 43.3 Å². The number of hydrogen-bond donors (Lipinski definition) is 2. The quantitative estimate of drug-likeness (QED) is 0.497. The molecule has 30 heavy (non-hydrogen) atoms. The predicted octanol–water partition coefficient (Wildman–Crippen LogP) is 2.71. The van der Waals surface area contributed by atoms with Gasteiger partial charge in [0.1, 0.15) is 0 Å². The topological polar surface area (TPSA) is 77.4 Å². The maximum absolute atomic E-state index is 12.2. The van der Waals surface area contributed by atoms with Crippen molar-refractivity contribution in [2.45, 2.75) is 13.5 Å². The molecule has 0 aliphatic carbocycles. The fraction of sp³-hybridized carbons (Fsp3) is 0.364. The molecule has 2 aromatic rings. The molecule has 0 unspecified atom stereocenters. The van der Waals surface area contributed by atoms with E-state index in [1.165, 1.54) is 6.21 Å². The molecule has 2 aromatic carbocycles. The Morgan fingerprint density at radius 3 is 2.63 bits per heavy atom. The first-order valence-electron chi connectivity index (χ1n) is 10.0. The van der Waals surface area contributed by atoms with E-state index in [4.69, 9.17) is 16.3 Å². The summed E-state index contributed by atoms with van der Waals surface area (Å²) in [4.78, 5) is 16.6. The summed E-state index contributed by atoms with van der Waals surface area (Å²) in [5, 5.41) is 14.9. The Bertz CT molecular complexity index is 882. The molecule has 1 fully saturated rings. The number of hydrogen-bond acceptors (Lipinski definition) is 6. The number of rotatable bonds is 8. The van der Waals surface area contributed by atoms with Crippen molar-refractivity contribution in [2.24, 2.45) is 5.10 Å². The number of halogens is 1. The molecular weight excluding hydrogens is 404 g/mol. The molecule has 1 heterocycles. The number of amides is 1. The lowest BCUT2D eigenvalue weighted by molar-refractivity contribution is -0.122. The zero-order chi connectivity index (χ0) is 21.3. The molecule has 0 bridgehead atoms. The number of aromatic hydroxyl groups is 1. The van der Waals surface area contributed by atoms with Crippen molar-refractivity contribution in [1.82, 2.24) is 15.2 Å². The van der Waals surface area contributed by atoms with Crippen molar-refractivity contribution in [3.8, 4) is 11.5 Å². The van der Waals surface area contributed by atoms with Crippen LogP contribution in [0, 0.1) is 0 Å². The van der Waals surface area contributed by atoms with E-state index in [2.05, 4.69) is 20.3 Å². The van der Waals surface area contributed by atoms with Gasteiger partial charge in [-0.15, -0.1) is 0 Å². The number of nitrogens with one attached hydrogen (secondary N) is 1. The Hall–Kier alpha value is -2.61. The van der Waals surface area contributed by atoms with Gasteiger partial charge in [0.2, 0.25) is 0 Å². The third-order valence-corrected chi connectivity index (χ3v) is 5.28. The zero-order valence-electron chi connectivity index (χ0n) is 17.1. The Morgan fingerprint density at radius 1 is 1.17 bits per heavy atom. The van der Waals surface area contributed by atoms with Crippen LogP contribution in [0.25, 0.3) is 0 Å². The third-order valence-electron chi connectivity index (χ3n) is 4.91. The minimum Gasteiger partial charge on any atom is -0.504 e. The lowest BCUT2D eigenvalue weighted by Crippen LogP contribution is -2.48. The Kier molecular flexibility index (Phi) is 8.07. The number of nitrogens with zero attached hydrogens (tertiary/aromatic N) is 3. The summed E-state index contributed by atoms with van der Waals surface area (Å²) in [5.41, 5.74) is 4.12. The van der Waals surface area contributed by atoms with Gasteiger partial charge in [-0.3, -0.25) is 14.6 Å². The molecule has 3 rings (SSSR count). The van der Waals surface area contributed by atoms with E-state index in [1.807, 2.05) is 31.2 Å². The van der Waals surface area contributed by atoms with Crippen LogP contribution in [0.1, 0.15) is 18.1 Å². The minimum atomic E-state index is -0.189. The molecule has 1 amide bonds. The van der Waals surface area contributed by atoms with Crippen LogP contribution in [0.15, 0.2) is 47.6 Å². The highest BCUT2D eigenvalue weighted by Crippen LogP contribution is 2.28. The number of phenolic OH excluding ortho intramolecular Hbond substituents is 1. The number of carbonyl (C=O) groups is 1. The van der Waals surface area contributed by atoms with Gasteiger partial charge >= 0.3 is 0 Å². The molecule has 0 aromatic heterocycles. The summed E-state index contributed by atoms with van der Waals surface area (Å²) < 4.78 is 5.34. The van der Waals surface area contributed by atoms with Crippen molar-refractivity contribution in [2.75, 3.05) is 39.3 Å². The number of phenols is 1. The van der Waals surface area contributed by atoms with Crippen LogP contribution in [-0.4, -0.2) is 66.4 Å². The summed E-state index contributed by atoms with van der Waals surface area (Å²) in [6.45, 7) is 6.75. The summed E-state index contributed by atoms with van der Waals surface area (Å²) in [7, 11) is 0. The first-order chi connectivity index (χ1) is 14.6. The van der Waals surface area contributed by atoms with Crippen LogP contribution in [0.2, 0.25) is 5.02 Å². The van der Waals surface area contributed by atoms with Crippen molar-refractivity contribution in [3.05, 3.63) is 58.6 Å². The van der Waals surface area contributed by atoms with Gasteiger partial charge in [-0.05, 0) is 30.7 Å². The van der Waals surface area contributed by atoms with Gasteiger partial charge in [-0.1, -0.05) is 35.9 Å². The van der Waals surface area contributed by atoms with E-state index in [-0.39, 0.29) is 18.2 Å². The first kappa shape index (κ1) is 22.1. The molecule has 0 radical (unpaired) electrons. The number of piperazine rings is 1. The molecule has 1 saturated heterocycles. The molecular formula is C22H27ClN4O3. The van der Waals surface area contributed by atoms with Crippen molar-refractivity contribution < 1.29 is 14.6 Å². The van der Waals surface area contributed by atoms with Crippen LogP contribution in [0.3, 0.4) is 0 Å². The monoisotopic (exact) mass is 430 g/mol. The summed E-state index contributed by atoms with van der Waals surface area (Å²) in [6, 6.07) is 13.0. The van der Waals surface area contributed by atoms with Crippen molar-refractivity contribution in [3.63, 3.8) is 0 Å². The second kappa shape index (κ2) is 11.0.